The number of benzene rings is 1. The first-order chi connectivity index (χ1) is 14.0. The van der Waals surface area contributed by atoms with E-state index in [2.05, 4.69) is 10.3 Å². The Hall–Kier alpha value is -2.26. The Balaban J connectivity index is 1.25. The van der Waals surface area contributed by atoms with E-state index in [1.54, 1.807) is 24.3 Å². The maximum absolute atomic E-state index is 12.9. The molecule has 1 aliphatic carbocycles. The number of carbonyl (C=O) groups excluding carboxylic acids is 1. The summed E-state index contributed by atoms with van der Waals surface area (Å²) in [5, 5.41) is 8.52. The van der Waals surface area contributed by atoms with Crippen LogP contribution in [0.3, 0.4) is 0 Å². The molecule has 1 aromatic heterocycles. The third kappa shape index (κ3) is 3.57. The molecular weight excluding hydrogens is 390 g/mol. The van der Waals surface area contributed by atoms with Crippen LogP contribution >= 0.6 is 0 Å². The van der Waals surface area contributed by atoms with Crippen molar-refractivity contribution in [3.8, 4) is 0 Å². The number of aromatic nitrogens is 3. The Kier molecular flexibility index (Phi) is 4.66. The van der Waals surface area contributed by atoms with Gasteiger partial charge in [0.2, 0.25) is 10.0 Å². The van der Waals surface area contributed by atoms with Crippen molar-refractivity contribution in [2.24, 2.45) is 0 Å². The van der Waals surface area contributed by atoms with E-state index in [-0.39, 0.29) is 16.8 Å². The summed E-state index contributed by atoms with van der Waals surface area (Å²) >= 11 is 0. The molecule has 154 valence electrons. The zero-order valence-corrected chi connectivity index (χ0v) is 17.1. The van der Waals surface area contributed by atoms with E-state index in [1.807, 2.05) is 15.8 Å². The molecule has 0 bridgehead atoms. The minimum atomic E-state index is -3.45. The normalized spacial score (nSPS) is 23.0. The fraction of sp³-hybridized carbons (Fsp3) is 0.550. The molecule has 8 nitrogen and oxygen atoms in total. The molecule has 5 rings (SSSR count). The van der Waals surface area contributed by atoms with Crippen molar-refractivity contribution in [2.75, 3.05) is 26.2 Å². The Morgan fingerprint density at radius 1 is 1.00 bits per heavy atom. The Morgan fingerprint density at radius 3 is 2.41 bits per heavy atom. The summed E-state index contributed by atoms with van der Waals surface area (Å²) in [7, 11) is -3.45. The minimum Gasteiger partial charge on any atom is -0.336 e. The molecule has 2 aromatic rings. The van der Waals surface area contributed by atoms with Gasteiger partial charge in [-0.15, -0.1) is 5.10 Å². The summed E-state index contributed by atoms with van der Waals surface area (Å²) < 4.78 is 28.7. The van der Waals surface area contributed by atoms with Crippen LogP contribution in [0.15, 0.2) is 35.4 Å². The van der Waals surface area contributed by atoms with E-state index in [0.717, 1.165) is 25.0 Å². The van der Waals surface area contributed by atoms with Crippen molar-refractivity contribution in [3.63, 3.8) is 0 Å². The number of hydrogen-bond donors (Lipinski definition) is 0. The van der Waals surface area contributed by atoms with Gasteiger partial charge in [0, 0.05) is 43.9 Å². The van der Waals surface area contributed by atoms with Crippen LogP contribution in [0.25, 0.3) is 0 Å². The van der Waals surface area contributed by atoms with E-state index < -0.39 is 10.0 Å². The van der Waals surface area contributed by atoms with Crippen LogP contribution in [-0.2, 0) is 10.0 Å². The van der Waals surface area contributed by atoms with E-state index in [1.165, 1.54) is 17.1 Å². The third-order valence-corrected chi connectivity index (χ3v) is 8.07. The van der Waals surface area contributed by atoms with Gasteiger partial charge in [0.15, 0.2) is 0 Å². The van der Waals surface area contributed by atoms with Gasteiger partial charge >= 0.3 is 0 Å². The Bertz CT molecular complexity index is 1010. The molecule has 0 radical (unpaired) electrons. The van der Waals surface area contributed by atoms with E-state index in [9.17, 15) is 13.2 Å². The molecule has 3 heterocycles. The standard InChI is InChI=1S/C20H25N5O3S/c26-20(16-5-7-18(8-6-16)29(27,28)24-10-1-2-11-24)23-12-9-17(13-23)25-14-19(21-22-25)15-3-4-15/h5-8,14-15,17H,1-4,9-13H2. The molecule has 1 amide bonds. The lowest BCUT2D eigenvalue weighted by Gasteiger charge is -2.18. The molecule has 0 N–H and O–H groups in total. The molecule has 2 aliphatic heterocycles. The molecule has 1 saturated carbocycles. The van der Waals surface area contributed by atoms with Crippen LogP contribution in [0, 0.1) is 0 Å². The number of amides is 1. The van der Waals surface area contributed by atoms with Crippen molar-refractivity contribution in [3.05, 3.63) is 41.7 Å². The highest BCUT2D eigenvalue weighted by Crippen LogP contribution is 2.39. The highest BCUT2D eigenvalue weighted by Gasteiger charge is 2.32. The second-order valence-corrected chi connectivity index (χ2v) is 10.2. The number of hydrogen-bond acceptors (Lipinski definition) is 5. The summed E-state index contributed by atoms with van der Waals surface area (Å²) in [4.78, 5) is 15.0. The largest absolute Gasteiger partial charge is 0.336 e. The number of rotatable bonds is 5. The van der Waals surface area contributed by atoms with Crippen LogP contribution in [0.1, 0.15) is 60.1 Å². The van der Waals surface area contributed by atoms with Crippen molar-refractivity contribution >= 4 is 15.9 Å². The number of nitrogens with zero attached hydrogens (tertiary/aromatic N) is 5. The second-order valence-electron chi connectivity index (χ2n) is 8.23. The first-order valence-electron chi connectivity index (χ1n) is 10.3. The molecule has 1 atom stereocenters. The fourth-order valence-corrected chi connectivity index (χ4v) is 5.72. The molecular formula is C20H25N5O3S. The van der Waals surface area contributed by atoms with Gasteiger partial charge in [-0.05, 0) is 56.4 Å². The maximum atomic E-state index is 12.9. The summed E-state index contributed by atoms with van der Waals surface area (Å²) in [5.74, 6) is 0.499. The average molecular weight is 416 g/mol. The lowest BCUT2D eigenvalue weighted by atomic mass is 10.2. The summed E-state index contributed by atoms with van der Waals surface area (Å²) in [5.41, 5.74) is 1.58. The molecule has 1 unspecified atom stereocenters. The Morgan fingerprint density at radius 2 is 1.72 bits per heavy atom. The highest BCUT2D eigenvalue weighted by molar-refractivity contribution is 7.89. The van der Waals surface area contributed by atoms with E-state index in [4.69, 9.17) is 0 Å². The van der Waals surface area contributed by atoms with Gasteiger partial charge < -0.3 is 4.90 Å². The van der Waals surface area contributed by atoms with Gasteiger partial charge in [-0.2, -0.15) is 4.31 Å². The second kappa shape index (κ2) is 7.21. The lowest BCUT2D eigenvalue weighted by molar-refractivity contribution is 0.0787. The van der Waals surface area contributed by atoms with Crippen LogP contribution in [0.2, 0.25) is 0 Å². The minimum absolute atomic E-state index is 0.0693. The van der Waals surface area contributed by atoms with Gasteiger partial charge in [-0.25, -0.2) is 13.1 Å². The van der Waals surface area contributed by atoms with Crippen molar-refractivity contribution < 1.29 is 13.2 Å². The summed E-state index contributed by atoms with van der Waals surface area (Å²) in [6, 6.07) is 6.49. The number of likely N-dealkylation sites (tertiary alicyclic amines) is 1. The van der Waals surface area contributed by atoms with Crippen LogP contribution < -0.4 is 0 Å². The van der Waals surface area contributed by atoms with Gasteiger partial charge in [-0.3, -0.25) is 4.79 Å². The monoisotopic (exact) mass is 415 g/mol. The van der Waals surface area contributed by atoms with Crippen LogP contribution in [-0.4, -0.2) is 64.7 Å². The van der Waals surface area contributed by atoms with Gasteiger partial charge in [0.05, 0.1) is 16.6 Å². The zero-order valence-electron chi connectivity index (χ0n) is 16.3. The van der Waals surface area contributed by atoms with Crippen LogP contribution in [0.4, 0.5) is 0 Å². The topological polar surface area (TPSA) is 88.4 Å². The maximum Gasteiger partial charge on any atom is 0.253 e. The molecule has 1 aromatic carbocycles. The number of carbonyl (C=O) groups is 1. The smallest absolute Gasteiger partial charge is 0.253 e. The predicted molar refractivity (Wildman–Crippen MR) is 106 cm³/mol. The molecule has 9 heteroatoms. The van der Waals surface area contributed by atoms with Gasteiger partial charge in [0.25, 0.3) is 5.91 Å². The SMILES string of the molecule is O=C(c1ccc(S(=O)(=O)N2CCCC2)cc1)N1CCC(n2cc(C3CC3)nn2)C1. The van der Waals surface area contributed by atoms with Gasteiger partial charge in [0.1, 0.15) is 0 Å². The van der Waals surface area contributed by atoms with Crippen molar-refractivity contribution in [1.82, 2.24) is 24.2 Å². The van der Waals surface area contributed by atoms with E-state index in [0.29, 0.717) is 37.7 Å². The molecule has 29 heavy (non-hydrogen) atoms. The first kappa shape index (κ1) is 18.7. The first-order valence-corrected chi connectivity index (χ1v) is 11.8. The van der Waals surface area contributed by atoms with Gasteiger partial charge in [-0.1, -0.05) is 5.21 Å². The molecule has 3 fully saturated rings. The number of sulfonamides is 1. The van der Waals surface area contributed by atoms with Crippen molar-refractivity contribution in [2.45, 2.75) is 49.0 Å². The summed E-state index contributed by atoms with van der Waals surface area (Å²) in [6.07, 6.45) is 7.06. The highest BCUT2D eigenvalue weighted by atomic mass is 32.2. The summed E-state index contributed by atoms with van der Waals surface area (Å²) in [6.45, 7) is 2.40. The third-order valence-electron chi connectivity index (χ3n) is 6.15. The molecule has 0 spiro atoms. The lowest BCUT2D eigenvalue weighted by Crippen LogP contribution is -2.30. The molecule has 2 saturated heterocycles. The van der Waals surface area contributed by atoms with Crippen LogP contribution in [0.5, 0.6) is 0 Å². The van der Waals surface area contributed by atoms with E-state index >= 15 is 0 Å². The fourth-order valence-electron chi connectivity index (χ4n) is 4.21. The van der Waals surface area contributed by atoms with Crippen molar-refractivity contribution in [1.29, 1.82) is 0 Å². The zero-order chi connectivity index (χ0) is 20.0. The Labute approximate surface area is 170 Å². The predicted octanol–water partition coefficient (Wildman–Crippen LogP) is 2.03. The quantitative estimate of drug-likeness (QED) is 0.746. The average Bonchev–Trinajstić information content (AvgIpc) is 3.17. The molecule has 3 aliphatic rings.